The molecular weight excluding hydrogens is 366 g/mol. The lowest BCUT2D eigenvalue weighted by atomic mass is 9.98. The summed E-state index contributed by atoms with van der Waals surface area (Å²) in [6.07, 6.45) is 3.49. The van der Waals surface area contributed by atoms with E-state index in [0.717, 1.165) is 23.0 Å². The lowest BCUT2D eigenvalue weighted by Crippen LogP contribution is -2.51. The maximum Gasteiger partial charge on any atom is 0.223 e. The van der Waals surface area contributed by atoms with E-state index >= 15 is 0 Å². The number of benzene rings is 1. The Labute approximate surface area is 146 Å². The Balaban J connectivity index is 0.00000242. The number of piperidine rings is 1. The van der Waals surface area contributed by atoms with Crippen LogP contribution in [0.3, 0.4) is 0 Å². The number of guanidine groups is 2. The van der Waals surface area contributed by atoms with Crippen molar-refractivity contribution in [3.63, 3.8) is 0 Å². The Hall–Kier alpha value is -1.27. The van der Waals surface area contributed by atoms with Gasteiger partial charge in [0, 0.05) is 16.6 Å². The molecule has 0 aliphatic carbocycles. The van der Waals surface area contributed by atoms with Gasteiger partial charge in [-0.3, -0.25) is 0 Å². The zero-order valence-corrected chi connectivity index (χ0v) is 15.3. The number of aliphatic imine (C=N–C) groups is 2. The summed E-state index contributed by atoms with van der Waals surface area (Å²) >= 11 is 3.38. The van der Waals surface area contributed by atoms with Crippen molar-refractivity contribution in [2.75, 3.05) is 0 Å². The largest absolute Gasteiger partial charge is 0.369 e. The highest BCUT2D eigenvalue weighted by atomic mass is 79.9. The van der Waals surface area contributed by atoms with E-state index in [2.05, 4.69) is 44.7 Å². The summed E-state index contributed by atoms with van der Waals surface area (Å²) < 4.78 is 0.999. The van der Waals surface area contributed by atoms with Crippen LogP contribution in [-0.4, -0.2) is 28.9 Å². The third-order valence-electron chi connectivity index (χ3n) is 3.76. The predicted molar refractivity (Wildman–Crippen MR) is 98.9 cm³/mol. The van der Waals surface area contributed by atoms with Gasteiger partial charge in [-0.2, -0.15) is 4.99 Å². The van der Waals surface area contributed by atoms with E-state index in [9.17, 15) is 0 Å². The van der Waals surface area contributed by atoms with Gasteiger partial charge in [-0.15, -0.1) is 12.4 Å². The number of hydrogen-bond acceptors (Lipinski definition) is 1. The van der Waals surface area contributed by atoms with Gasteiger partial charge in [0.05, 0.1) is 5.69 Å². The van der Waals surface area contributed by atoms with Crippen molar-refractivity contribution in [1.82, 2.24) is 4.90 Å². The zero-order chi connectivity index (χ0) is 15.4. The molecule has 1 aromatic carbocycles. The standard InChI is InChI=1S/C15H22BrN5.ClH/c1-10-4-3-5-11(2)21(10)15(18)20-14(17)19-13-8-6-12(16)7-9-13;/h6-11H,3-5H2,1-2H3,(H4,17,18,19,20);1H. The molecule has 0 spiro atoms. The number of halogens is 2. The molecule has 1 heterocycles. The zero-order valence-electron chi connectivity index (χ0n) is 12.9. The SMILES string of the molecule is CC1CCCC(C)N1C(N)=NC(N)=Nc1ccc(Br)cc1.Cl. The Morgan fingerprint density at radius 2 is 1.68 bits per heavy atom. The first kappa shape index (κ1) is 18.8. The number of likely N-dealkylation sites (tertiary alicyclic amines) is 1. The quantitative estimate of drug-likeness (QED) is 0.571. The highest BCUT2D eigenvalue weighted by Gasteiger charge is 2.26. The maximum absolute atomic E-state index is 6.12. The van der Waals surface area contributed by atoms with Crippen LogP contribution in [0.25, 0.3) is 0 Å². The van der Waals surface area contributed by atoms with Crippen molar-refractivity contribution in [2.45, 2.75) is 45.2 Å². The van der Waals surface area contributed by atoms with Gasteiger partial charge in [-0.25, -0.2) is 4.99 Å². The smallest absolute Gasteiger partial charge is 0.223 e. The van der Waals surface area contributed by atoms with Gasteiger partial charge in [0.25, 0.3) is 0 Å². The van der Waals surface area contributed by atoms with E-state index in [4.69, 9.17) is 11.5 Å². The first-order valence-corrected chi connectivity index (χ1v) is 7.99. The van der Waals surface area contributed by atoms with Crippen molar-refractivity contribution in [3.8, 4) is 0 Å². The van der Waals surface area contributed by atoms with E-state index in [-0.39, 0.29) is 18.4 Å². The molecule has 0 aromatic heterocycles. The Kier molecular flexibility index (Phi) is 7.16. The van der Waals surface area contributed by atoms with Crippen LogP contribution in [0.2, 0.25) is 0 Å². The van der Waals surface area contributed by atoms with Crippen LogP contribution in [0.5, 0.6) is 0 Å². The highest BCUT2D eigenvalue weighted by Crippen LogP contribution is 2.22. The van der Waals surface area contributed by atoms with E-state index in [0.29, 0.717) is 18.0 Å². The average molecular weight is 389 g/mol. The molecule has 2 unspecified atom stereocenters. The van der Waals surface area contributed by atoms with Crippen LogP contribution in [0.1, 0.15) is 33.1 Å². The van der Waals surface area contributed by atoms with Crippen molar-refractivity contribution in [3.05, 3.63) is 28.7 Å². The number of hydrogen-bond donors (Lipinski definition) is 2. The maximum atomic E-state index is 6.12. The molecule has 4 N–H and O–H groups in total. The molecule has 2 atom stereocenters. The summed E-state index contributed by atoms with van der Waals surface area (Å²) in [5.74, 6) is 0.632. The first-order valence-electron chi connectivity index (χ1n) is 7.19. The molecule has 1 aromatic rings. The minimum atomic E-state index is 0. The van der Waals surface area contributed by atoms with Crippen LogP contribution in [0, 0.1) is 0 Å². The van der Waals surface area contributed by atoms with Crippen LogP contribution in [0.4, 0.5) is 5.69 Å². The molecular formula is C15H23BrClN5. The van der Waals surface area contributed by atoms with Crippen LogP contribution >= 0.6 is 28.3 Å². The van der Waals surface area contributed by atoms with Gasteiger partial charge >= 0.3 is 0 Å². The Bertz CT molecular complexity index is 533. The summed E-state index contributed by atoms with van der Waals surface area (Å²) in [6, 6.07) is 8.34. The van der Waals surface area contributed by atoms with Gasteiger partial charge in [-0.1, -0.05) is 15.9 Å². The molecule has 7 heteroatoms. The molecule has 122 valence electrons. The summed E-state index contributed by atoms with van der Waals surface area (Å²) in [4.78, 5) is 10.7. The monoisotopic (exact) mass is 387 g/mol. The van der Waals surface area contributed by atoms with E-state index in [1.54, 1.807) is 0 Å². The predicted octanol–water partition coefficient (Wildman–Crippen LogP) is 3.39. The number of nitrogens with two attached hydrogens (primary N) is 2. The summed E-state index contributed by atoms with van der Waals surface area (Å²) in [5.41, 5.74) is 12.8. The third-order valence-corrected chi connectivity index (χ3v) is 4.29. The van der Waals surface area contributed by atoms with Crippen molar-refractivity contribution in [1.29, 1.82) is 0 Å². The molecule has 1 fully saturated rings. The molecule has 0 radical (unpaired) electrons. The number of rotatable bonds is 1. The van der Waals surface area contributed by atoms with Crippen LogP contribution in [0.15, 0.2) is 38.7 Å². The molecule has 2 rings (SSSR count). The summed E-state index contributed by atoms with van der Waals surface area (Å²) in [7, 11) is 0. The van der Waals surface area contributed by atoms with Crippen molar-refractivity contribution in [2.24, 2.45) is 21.5 Å². The second-order valence-electron chi connectivity index (χ2n) is 5.45. The van der Waals surface area contributed by atoms with Crippen molar-refractivity contribution < 1.29 is 0 Å². The molecule has 0 amide bonds. The van der Waals surface area contributed by atoms with Gasteiger partial charge < -0.3 is 16.4 Å². The summed E-state index contributed by atoms with van der Waals surface area (Å²) in [5, 5.41) is 0. The van der Waals surface area contributed by atoms with Crippen molar-refractivity contribution >= 4 is 45.9 Å². The van der Waals surface area contributed by atoms with Gasteiger partial charge in [0.1, 0.15) is 0 Å². The molecule has 5 nitrogen and oxygen atoms in total. The Morgan fingerprint density at radius 3 is 2.23 bits per heavy atom. The Morgan fingerprint density at radius 1 is 1.14 bits per heavy atom. The lowest BCUT2D eigenvalue weighted by molar-refractivity contribution is 0.189. The topological polar surface area (TPSA) is 80.0 Å². The lowest BCUT2D eigenvalue weighted by Gasteiger charge is -2.39. The first-order chi connectivity index (χ1) is 9.97. The minimum absolute atomic E-state index is 0. The van der Waals surface area contributed by atoms with Gasteiger partial charge in [0.2, 0.25) is 5.96 Å². The molecule has 1 aliphatic heterocycles. The second kappa shape index (κ2) is 8.39. The van der Waals surface area contributed by atoms with Gasteiger partial charge in [0.15, 0.2) is 5.96 Å². The second-order valence-corrected chi connectivity index (χ2v) is 6.37. The van der Waals surface area contributed by atoms with Crippen LogP contribution in [-0.2, 0) is 0 Å². The fourth-order valence-electron chi connectivity index (χ4n) is 2.72. The molecule has 0 bridgehead atoms. The molecule has 1 saturated heterocycles. The van der Waals surface area contributed by atoms with E-state index < -0.39 is 0 Å². The third kappa shape index (κ3) is 4.88. The highest BCUT2D eigenvalue weighted by molar-refractivity contribution is 9.10. The van der Waals surface area contributed by atoms with E-state index in [1.807, 2.05) is 24.3 Å². The molecule has 0 saturated carbocycles. The summed E-state index contributed by atoms with van der Waals surface area (Å²) in [6.45, 7) is 4.33. The normalized spacial score (nSPS) is 23.1. The van der Waals surface area contributed by atoms with E-state index in [1.165, 1.54) is 6.42 Å². The average Bonchev–Trinajstić information content (AvgIpc) is 2.41. The fourth-order valence-corrected chi connectivity index (χ4v) is 2.99. The van der Waals surface area contributed by atoms with Crippen LogP contribution < -0.4 is 11.5 Å². The fraction of sp³-hybridized carbons (Fsp3) is 0.467. The van der Waals surface area contributed by atoms with Gasteiger partial charge in [-0.05, 0) is 57.4 Å². The minimum Gasteiger partial charge on any atom is -0.369 e. The molecule has 22 heavy (non-hydrogen) atoms. The number of nitrogens with zero attached hydrogens (tertiary/aromatic N) is 3. The molecule has 1 aliphatic rings.